The number of quaternary nitrogens is 1. The Morgan fingerprint density at radius 2 is 2.20 bits per heavy atom. The molecule has 2 aliphatic heterocycles. The number of allylic oxidation sites excluding steroid dienone is 1. The maximum absolute atomic E-state index is 3.96. The minimum Gasteiger partial charge on any atom is -1.00 e. The van der Waals surface area contributed by atoms with Crippen LogP contribution in [0.1, 0.15) is 0 Å². The molecule has 0 bridgehead atoms. The van der Waals surface area contributed by atoms with E-state index in [9.17, 15) is 0 Å². The summed E-state index contributed by atoms with van der Waals surface area (Å²) < 4.78 is 0. The Morgan fingerprint density at radius 3 is 3.00 bits per heavy atom. The summed E-state index contributed by atoms with van der Waals surface area (Å²) in [5, 5.41) is 0. The molecule has 3 nitrogen and oxygen atoms in total. The molecule has 0 aromatic heterocycles. The van der Waals surface area contributed by atoms with Gasteiger partial charge in [0.1, 0.15) is 6.20 Å². The number of rotatable bonds is 0. The van der Waals surface area contributed by atoms with Gasteiger partial charge in [-0.05, 0) is 0 Å². The molecule has 0 spiro atoms. The van der Waals surface area contributed by atoms with Crippen LogP contribution in [0.3, 0.4) is 0 Å². The Bertz CT molecular complexity index is 239. The highest BCUT2D eigenvalue weighted by atomic mass is 79.9. The average molecular weight is 200 g/mol. The van der Waals surface area contributed by atoms with E-state index in [2.05, 4.69) is 9.98 Å². The zero-order chi connectivity index (χ0) is 6.10. The zero-order valence-corrected chi connectivity index (χ0v) is 6.75. The largest absolute Gasteiger partial charge is 1.00 e. The third-order valence-corrected chi connectivity index (χ3v) is 1.31. The number of hydrogen-bond donors (Lipinski definition) is 1. The quantitative estimate of drug-likeness (QED) is 0.417. The van der Waals surface area contributed by atoms with Crippen molar-refractivity contribution in [3.63, 3.8) is 0 Å². The summed E-state index contributed by atoms with van der Waals surface area (Å²) in [6, 6.07) is 0. The van der Waals surface area contributed by atoms with Crippen LogP contribution in [0, 0.1) is 0 Å². The van der Waals surface area contributed by atoms with Crippen LogP contribution in [-0.2, 0) is 0 Å². The highest BCUT2D eigenvalue weighted by Gasteiger charge is 2.14. The van der Waals surface area contributed by atoms with Crippen LogP contribution < -0.4 is 21.9 Å². The fourth-order valence-electron chi connectivity index (χ4n) is 0.841. The molecule has 1 N–H and O–H groups in total. The van der Waals surface area contributed by atoms with Crippen LogP contribution in [0.4, 0.5) is 0 Å². The maximum atomic E-state index is 3.96. The van der Waals surface area contributed by atoms with Gasteiger partial charge < -0.3 is 17.0 Å². The summed E-state index contributed by atoms with van der Waals surface area (Å²) in [5.74, 6) is 0. The molecule has 2 aliphatic rings. The van der Waals surface area contributed by atoms with Gasteiger partial charge in [-0.25, -0.2) is 9.89 Å². The number of nitrogens with zero attached hydrogens (tertiary/aromatic N) is 2. The summed E-state index contributed by atoms with van der Waals surface area (Å²) in [7, 11) is 0. The Balaban J connectivity index is 0.000000500. The van der Waals surface area contributed by atoms with Gasteiger partial charge in [0, 0.05) is 0 Å². The summed E-state index contributed by atoms with van der Waals surface area (Å²) in [6.07, 6.45) is 9.16. The first kappa shape index (κ1) is 7.37. The first-order chi connectivity index (χ1) is 4.47. The second-order valence-electron chi connectivity index (χ2n) is 1.91. The van der Waals surface area contributed by atoms with E-state index in [0.717, 1.165) is 10.6 Å². The summed E-state index contributed by atoms with van der Waals surface area (Å²) in [5.41, 5.74) is 1.11. The van der Waals surface area contributed by atoms with Gasteiger partial charge in [0.15, 0.2) is 12.0 Å². The van der Waals surface area contributed by atoms with Crippen LogP contribution in [0.5, 0.6) is 0 Å². The van der Waals surface area contributed by atoms with Crippen LogP contribution >= 0.6 is 0 Å². The van der Waals surface area contributed by atoms with Crippen LogP contribution in [0.25, 0.3) is 0 Å². The number of nitrogens with one attached hydrogen (secondary N) is 1. The van der Waals surface area contributed by atoms with Crippen molar-refractivity contribution < 1.29 is 21.9 Å². The molecule has 0 fully saturated rings. The Labute approximate surface area is 69.2 Å². The zero-order valence-electron chi connectivity index (χ0n) is 5.16. The second-order valence-corrected chi connectivity index (χ2v) is 1.91. The van der Waals surface area contributed by atoms with E-state index in [-0.39, 0.29) is 17.0 Å². The molecule has 1 unspecified atom stereocenters. The Kier molecular flexibility index (Phi) is 2.13. The lowest BCUT2D eigenvalue weighted by Gasteiger charge is -2.03. The van der Waals surface area contributed by atoms with E-state index in [1.165, 1.54) is 0 Å². The van der Waals surface area contributed by atoms with Crippen molar-refractivity contribution in [3.8, 4) is 0 Å². The molecule has 0 radical (unpaired) electrons. The number of aliphatic imine (C=N–C) groups is 2. The average Bonchev–Trinajstić information content (AvgIpc) is 2.33. The molecular weight excluding hydrogens is 194 g/mol. The van der Waals surface area contributed by atoms with E-state index in [1.807, 2.05) is 25.0 Å². The topological polar surface area (TPSA) is 29.2 Å². The van der Waals surface area contributed by atoms with Crippen molar-refractivity contribution >= 4 is 12.6 Å². The SMILES string of the molecule is C1=C[NH+]2C=NC=C2C=N1.[Br-]. The smallest absolute Gasteiger partial charge is 0.198 e. The van der Waals surface area contributed by atoms with Crippen LogP contribution in [0.2, 0.25) is 0 Å². The van der Waals surface area contributed by atoms with Gasteiger partial charge in [-0.1, -0.05) is 0 Å². The summed E-state index contributed by atoms with van der Waals surface area (Å²) in [4.78, 5) is 9.06. The van der Waals surface area contributed by atoms with E-state index in [0.29, 0.717) is 0 Å². The standard InChI is InChI=1S/C6H5N3.BrH/c1-2-9-5-8-4-6(9)3-7-1;/h1-5H;1H. The van der Waals surface area contributed by atoms with Gasteiger partial charge >= 0.3 is 0 Å². The number of hydrogen-bond acceptors (Lipinski definition) is 2. The number of halogens is 1. The predicted octanol–water partition coefficient (Wildman–Crippen LogP) is -3.69. The molecule has 0 saturated heterocycles. The monoisotopic (exact) mass is 199 g/mol. The molecule has 0 saturated carbocycles. The van der Waals surface area contributed by atoms with Crippen molar-refractivity contribution in [2.45, 2.75) is 0 Å². The molecule has 2 heterocycles. The predicted molar refractivity (Wildman–Crippen MR) is 35.2 cm³/mol. The lowest BCUT2D eigenvalue weighted by molar-refractivity contribution is -0.681. The van der Waals surface area contributed by atoms with E-state index in [1.54, 1.807) is 6.20 Å². The van der Waals surface area contributed by atoms with Gasteiger partial charge in [-0.15, -0.1) is 0 Å². The molecule has 0 amide bonds. The van der Waals surface area contributed by atoms with Crippen molar-refractivity contribution in [1.82, 2.24) is 0 Å². The first-order valence-electron chi connectivity index (χ1n) is 2.77. The minimum atomic E-state index is 0. The minimum absolute atomic E-state index is 0. The molecule has 1 atom stereocenters. The van der Waals surface area contributed by atoms with Crippen LogP contribution in [0.15, 0.2) is 34.3 Å². The summed E-state index contributed by atoms with van der Waals surface area (Å²) >= 11 is 0. The molecule has 0 aliphatic carbocycles. The van der Waals surface area contributed by atoms with Gasteiger partial charge in [-0.3, -0.25) is 4.99 Å². The third kappa shape index (κ3) is 1.08. The lowest BCUT2D eigenvalue weighted by Crippen LogP contribution is -3.04. The van der Waals surface area contributed by atoms with E-state index in [4.69, 9.17) is 0 Å². The third-order valence-electron chi connectivity index (χ3n) is 1.31. The number of fused-ring (bicyclic) bond motifs is 1. The van der Waals surface area contributed by atoms with Crippen LogP contribution in [-0.4, -0.2) is 12.6 Å². The van der Waals surface area contributed by atoms with Crippen molar-refractivity contribution in [2.24, 2.45) is 9.98 Å². The fraction of sp³-hybridized carbons (Fsp3) is 0. The second kappa shape index (κ2) is 2.90. The molecule has 52 valence electrons. The maximum Gasteiger partial charge on any atom is 0.198 e. The van der Waals surface area contributed by atoms with Crippen molar-refractivity contribution in [1.29, 1.82) is 0 Å². The molecule has 0 aromatic carbocycles. The molecular formula is C6H6BrN3. The Hall–Kier alpha value is -0.740. The highest BCUT2D eigenvalue weighted by Crippen LogP contribution is 1.89. The van der Waals surface area contributed by atoms with Gasteiger partial charge in [0.2, 0.25) is 0 Å². The van der Waals surface area contributed by atoms with Gasteiger partial charge in [-0.2, -0.15) is 0 Å². The molecule has 10 heavy (non-hydrogen) atoms. The molecule has 4 heteroatoms. The molecule has 0 aromatic rings. The Morgan fingerprint density at radius 1 is 1.30 bits per heavy atom. The molecule has 2 rings (SSSR count). The van der Waals surface area contributed by atoms with E-state index >= 15 is 0 Å². The normalized spacial score (nSPS) is 25.6. The van der Waals surface area contributed by atoms with Crippen molar-refractivity contribution in [3.05, 3.63) is 24.3 Å². The lowest BCUT2D eigenvalue weighted by atomic mass is 10.4. The highest BCUT2D eigenvalue weighted by molar-refractivity contribution is 5.80. The fourth-order valence-corrected chi connectivity index (χ4v) is 0.841. The first-order valence-corrected chi connectivity index (χ1v) is 2.77. The van der Waals surface area contributed by atoms with Gasteiger partial charge in [0.25, 0.3) is 0 Å². The van der Waals surface area contributed by atoms with Gasteiger partial charge in [0.05, 0.1) is 18.6 Å². The van der Waals surface area contributed by atoms with E-state index < -0.39 is 0 Å². The van der Waals surface area contributed by atoms with Crippen molar-refractivity contribution in [2.75, 3.05) is 0 Å². The summed E-state index contributed by atoms with van der Waals surface area (Å²) in [6.45, 7) is 0.